The maximum absolute atomic E-state index is 6.35. The molecule has 6 aromatic rings. The lowest BCUT2D eigenvalue weighted by Gasteiger charge is -2.17. The number of benzene rings is 2. The number of rotatable bonds is 12. The van der Waals surface area contributed by atoms with Crippen molar-refractivity contribution in [2.24, 2.45) is 0 Å². The van der Waals surface area contributed by atoms with Gasteiger partial charge in [0.2, 0.25) is 0 Å². The minimum atomic E-state index is -0.0149. The van der Waals surface area contributed by atoms with E-state index in [0.717, 1.165) is 43.9 Å². The van der Waals surface area contributed by atoms with Gasteiger partial charge in [-0.3, -0.25) is 0 Å². The monoisotopic (exact) mass is 656 g/mol. The fraction of sp³-hybridized carbons (Fsp3) is 0.294. The number of hydrogen-bond acceptors (Lipinski definition) is 12. The molecule has 10 nitrogen and oxygen atoms in total. The molecule has 12 heteroatoms. The molecule has 0 saturated heterocycles. The molecule has 1 unspecified atom stereocenters. The summed E-state index contributed by atoms with van der Waals surface area (Å²) in [5, 5.41) is 13.1. The molecule has 0 saturated carbocycles. The Morgan fingerprint density at radius 3 is 1.78 bits per heavy atom. The quantitative estimate of drug-likeness (QED) is 0.133. The van der Waals surface area contributed by atoms with Crippen molar-refractivity contribution in [3.63, 3.8) is 0 Å². The smallest absolute Gasteiger partial charge is 0.162 e. The summed E-state index contributed by atoms with van der Waals surface area (Å²) < 4.78 is 23.1. The van der Waals surface area contributed by atoms with Crippen LogP contribution in [0.2, 0.25) is 0 Å². The van der Waals surface area contributed by atoms with Crippen LogP contribution in [0.3, 0.4) is 0 Å². The van der Waals surface area contributed by atoms with E-state index in [1.54, 1.807) is 44.0 Å². The van der Waals surface area contributed by atoms with E-state index >= 15 is 0 Å². The number of nitrogens with one attached hydrogen (secondary N) is 2. The highest BCUT2D eigenvalue weighted by molar-refractivity contribution is 7.10. The number of fused-ring (bicyclic) bond motifs is 2. The summed E-state index contributed by atoms with van der Waals surface area (Å²) in [5.41, 5.74) is 2.62. The van der Waals surface area contributed by atoms with E-state index in [1.807, 2.05) is 38.1 Å². The average Bonchev–Trinajstić information content (AvgIpc) is 3.76. The Balaban J connectivity index is 1.21. The van der Waals surface area contributed by atoms with Crippen LogP contribution in [0.15, 0.2) is 53.2 Å². The molecule has 0 spiro atoms. The third-order valence-electron chi connectivity index (χ3n) is 7.58. The molecule has 4 heterocycles. The zero-order valence-corrected chi connectivity index (χ0v) is 28.4. The van der Waals surface area contributed by atoms with E-state index < -0.39 is 0 Å². The number of thiophene rings is 2. The molecule has 46 heavy (non-hydrogen) atoms. The number of ether oxygens (including phenoxy) is 4. The molecule has 0 radical (unpaired) electrons. The van der Waals surface area contributed by atoms with Gasteiger partial charge in [0.15, 0.2) is 23.0 Å². The maximum atomic E-state index is 6.35. The van der Waals surface area contributed by atoms with E-state index in [-0.39, 0.29) is 12.1 Å². The number of anilines is 2. The third kappa shape index (κ3) is 6.49. The molecule has 6 rings (SSSR count). The van der Waals surface area contributed by atoms with Crippen LogP contribution in [0, 0.1) is 13.8 Å². The second-order valence-corrected chi connectivity index (χ2v) is 12.8. The normalized spacial score (nSPS) is 12.6. The van der Waals surface area contributed by atoms with Gasteiger partial charge in [0.05, 0.1) is 44.4 Å². The van der Waals surface area contributed by atoms with Crippen LogP contribution in [-0.2, 0) is 6.61 Å². The second-order valence-electron chi connectivity index (χ2n) is 10.9. The van der Waals surface area contributed by atoms with Crippen LogP contribution in [0.5, 0.6) is 23.0 Å². The third-order valence-corrected chi connectivity index (χ3v) is 9.80. The summed E-state index contributed by atoms with van der Waals surface area (Å²) in [5.74, 6) is 5.34. The molecular formula is C34H36N6O4S2. The second kappa shape index (κ2) is 13.4. The Morgan fingerprint density at radius 2 is 1.22 bits per heavy atom. The van der Waals surface area contributed by atoms with E-state index in [4.69, 9.17) is 28.9 Å². The Bertz CT molecular complexity index is 2000. The summed E-state index contributed by atoms with van der Waals surface area (Å²) in [6, 6.07) is 14.0. The minimum absolute atomic E-state index is 0.0149. The molecule has 2 aromatic carbocycles. The number of aryl methyl sites for hydroxylation is 2. The molecule has 0 bridgehead atoms. The van der Waals surface area contributed by atoms with Gasteiger partial charge in [-0.05, 0) is 62.7 Å². The van der Waals surface area contributed by atoms with Gasteiger partial charge < -0.3 is 29.6 Å². The molecule has 0 aliphatic heterocycles. The van der Waals surface area contributed by atoms with Crippen molar-refractivity contribution in [2.45, 2.75) is 46.4 Å². The summed E-state index contributed by atoms with van der Waals surface area (Å²) in [7, 11) is 4.87. The van der Waals surface area contributed by atoms with Crippen LogP contribution in [0.25, 0.3) is 21.8 Å². The molecule has 238 valence electrons. The van der Waals surface area contributed by atoms with Gasteiger partial charge >= 0.3 is 0 Å². The Kier molecular flexibility index (Phi) is 9.09. The van der Waals surface area contributed by atoms with Gasteiger partial charge in [-0.25, -0.2) is 19.9 Å². The Hall–Kier alpha value is -4.68. The first-order chi connectivity index (χ1) is 22.3. The van der Waals surface area contributed by atoms with Gasteiger partial charge in [-0.1, -0.05) is 6.07 Å². The summed E-state index contributed by atoms with van der Waals surface area (Å²) >= 11 is 3.38. The molecule has 0 aliphatic carbocycles. The van der Waals surface area contributed by atoms with E-state index in [1.165, 1.54) is 4.88 Å². The fourth-order valence-corrected chi connectivity index (χ4v) is 6.91. The fourth-order valence-electron chi connectivity index (χ4n) is 5.27. The van der Waals surface area contributed by atoms with Crippen molar-refractivity contribution >= 4 is 56.1 Å². The van der Waals surface area contributed by atoms with Crippen molar-refractivity contribution in [1.82, 2.24) is 19.9 Å². The largest absolute Gasteiger partial charge is 0.493 e. The number of nitrogens with zero attached hydrogens (tertiary/aromatic N) is 4. The van der Waals surface area contributed by atoms with Gasteiger partial charge in [0.1, 0.15) is 29.9 Å². The highest BCUT2D eigenvalue weighted by Crippen LogP contribution is 2.38. The van der Waals surface area contributed by atoms with Crippen molar-refractivity contribution in [2.75, 3.05) is 32.0 Å². The van der Waals surface area contributed by atoms with Crippen LogP contribution < -0.4 is 29.6 Å². The number of aromatic nitrogens is 4. The van der Waals surface area contributed by atoms with E-state index in [0.29, 0.717) is 41.3 Å². The van der Waals surface area contributed by atoms with Crippen LogP contribution in [-0.4, -0.2) is 41.3 Å². The molecule has 0 amide bonds. The molecule has 0 fully saturated rings. The number of hydrogen-bond donors (Lipinski definition) is 2. The molecule has 2 atom stereocenters. The molecular weight excluding hydrogens is 621 g/mol. The zero-order chi connectivity index (χ0) is 32.4. The van der Waals surface area contributed by atoms with Gasteiger partial charge in [0, 0.05) is 38.2 Å². The molecule has 2 N–H and O–H groups in total. The molecule has 0 aliphatic rings. The van der Waals surface area contributed by atoms with E-state index in [9.17, 15) is 0 Å². The summed E-state index contributed by atoms with van der Waals surface area (Å²) in [6.45, 7) is 8.38. The van der Waals surface area contributed by atoms with Crippen LogP contribution in [0.1, 0.15) is 52.9 Å². The van der Waals surface area contributed by atoms with E-state index in [2.05, 4.69) is 63.4 Å². The Morgan fingerprint density at radius 1 is 0.674 bits per heavy atom. The summed E-state index contributed by atoms with van der Waals surface area (Å²) in [6.07, 6.45) is 0. The van der Waals surface area contributed by atoms with Crippen molar-refractivity contribution < 1.29 is 18.9 Å². The number of methoxy groups -OCH3 is 3. The van der Waals surface area contributed by atoms with Gasteiger partial charge in [0.25, 0.3) is 0 Å². The Labute approximate surface area is 275 Å². The lowest BCUT2D eigenvalue weighted by atomic mass is 10.1. The van der Waals surface area contributed by atoms with Gasteiger partial charge in [-0.2, -0.15) is 0 Å². The first kappa shape index (κ1) is 31.3. The maximum Gasteiger partial charge on any atom is 0.162 e. The standard InChI is InChI=1S/C34H36N6O4S2/c1-18(31-9-8-10-45-31)35-34-24-13-30(29(43-7)15-26(24)38-21(4)40-34)44-16-22-11-32(46-17-22)19(2)36-33-23-12-27(41-5)28(42-6)14-25(23)37-20(3)39-33/h8-15,17-19H,16H2,1-7H3,(H,35,38,40)(H,36,37,39)/t18-,19?/m0/s1. The molecule has 4 aromatic heterocycles. The van der Waals surface area contributed by atoms with Crippen LogP contribution >= 0.6 is 22.7 Å². The van der Waals surface area contributed by atoms with Crippen molar-refractivity contribution in [3.8, 4) is 23.0 Å². The lowest BCUT2D eigenvalue weighted by molar-refractivity contribution is 0.285. The average molecular weight is 657 g/mol. The topological polar surface area (TPSA) is 113 Å². The van der Waals surface area contributed by atoms with Gasteiger partial charge in [-0.15, -0.1) is 22.7 Å². The minimum Gasteiger partial charge on any atom is -0.493 e. The summed E-state index contributed by atoms with van der Waals surface area (Å²) in [4.78, 5) is 21.1. The van der Waals surface area contributed by atoms with Crippen molar-refractivity contribution in [1.29, 1.82) is 0 Å². The SMILES string of the molecule is COc1cc2nc(C)nc(NC(C)c3cc(COc4cc5c(N[C@@H](C)c6cccs6)nc(C)nc5cc4OC)cs3)c2cc1OC. The lowest BCUT2D eigenvalue weighted by Crippen LogP contribution is -2.09. The van der Waals surface area contributed by atoms with Crippen LogP contribution in [0.4, 0.5) is 11.6 Å². The predicted molar refractivity (Wildman–Crippen MR) is 185 cm³/mol. The zero-order valence-electron chi connectivity index (χ0n) is 26.8. The first-order valence-corrected chi connectivity index (χ1v) is 16.6. The first-order valence-electron chi connectivity index (χ1n) is 14.8. The predicted octanol–water partition coefficient (Wildman–Crippen LogP) is 8.26. The highest BCUT2D eigenvalue weighted by atomic mass is 32.1. The highest BCUT2D eigenvalue weighted by Gasteiger charge is 2.18. The van der Waals surface area contributed by atoms with Crippen molar-refractivity contribution in [3.05, 3.63) is 80.2 Å².